The number of aromatic amines is 1. The Morgan fingerprint density at radius 2 is 2.16 bits per heavy atom. The van der Waals surface area contributed by atoms with Crippen LogP contribution >= 0.6 is 23.8 Å². The molecule has 0 atom stereocenters. The summed E-state index contributed by atoms with van der Waals surface area (Å²) < 4.78 is 14.9. The fourth-order valence-corrected chi connectivity index (χ4v) is 3.01. The number of rotatable bonds is 4. The Morgan fingerprint density at radius 1 is 1.44 bits per heavy atom. The van der Waals surface area contributed by atoms with Crippen molar-refractivity contribution in [3.8, 4) is 6.07 Å². The van der Waals surface area contributed by atoms with Crippen molar-refractivity contribution in [3.05, 3.63) is 57.3 Å². The molecule has 0 saturated carbocycles. The summed E-state index contributed by atoms with van der Waals surface area (Å²) in [6.07, 6.45) is 1.41. The van der Waals surface area contributed by atoms with E-state index in [4.69, 9.17) is 23.8 Å². The number of fused-ring (bicyclic) bond motifs is 1. The Labute approximate surface area is 151 Å². The molecule has 6 nitrogen and oxygen atoms in total. The first-order valence-corrected chi connectivity index (χ1v) is 8.00. The van der Waals surface area contributed by atoms with Gasteiger partial charge in [0.1, 0.15) is 38.3 Å². The number of hydrogen-bond donors (Lipinski definition) is 2. The van der Waals surface area contributed by atoms with Crippen LogP contribution < -0.4 is 5.32 Å². The third-order valence-electron chi connectivity index (χ3n) is 3.62. The van der Waals surface area contributed by atoms with Gasteiger partial charge < -0.3 is 14.9 Å². The predicted molar refractivity (Wildman–Crippen MR) is 93.4 cm³/mol. The van der Waals surface area contributed by atoms with Gasteiger partial charge in [0.05, 0.1) is 6.33 Å². The van der Waals surface area contributed by atoms with Gasteiger partial charge in [-0.3, -0.25) is 4.79 Å². The summed E-state index contributed by atoms with van der Waals surface area (Å²) in [5, 5.41) is 12.2. The summed E-state index contributed by atoms with van der Waals surface area (Å²) >= 11 is 11.5. The molecule has 0 aliphatic heterocycles. The van der Waals surface area contributed by atoms with Gasteiger partial charge in [0.25, 0.3) is 5.91 Å². The van der Waals surface area contributed by atoms with Gasteiger partial charge in [0, 0.05) is 18.7 Å². The number of carbonyl (C=O) groups is 1. The number of nitriles is 1. The molecule has 0 aliphatic rings. The Bertz CT molecular complexity index is 1050. The SMILES string of the molecule is N#Cc1c(Cl)n(CCNC(=O)c2ccc(F)cc2)c2c(=S)[nH]cnc12. The van der Waals surface area contributed by atoms with Crippen LogP contribution in [0.25, 0.3) is 11.0 Å². The molecule has 1 amide bonds. The number of nitrogens with zero attached hydrogens (tertiary/aromatic N) is 3. The van der Waals surface area contributed by atoms with E-state index in [1.807, 2.05) is 6.07 Å². The molecule has 3 rings (SSSR count). The van der Waals surface area contributed by atoms with E-state index in [2.05, 4.69) is 15.3 Å². The second-order valence-corrected chi connectivity index (χ2v) is 5.89. The van der Waals surface area contributed by atoms with E-state index >= 15 is 0 Å². The highest BCUT2D eigenvalue weighted by molar-refractivity contribution is 7.71. The van der Waals surface area contributed by atoms with Gasteiger partial charge in [-0.05, 0) is 24.3 Å². The number of amides is 1. The van der Waals surface area contributed by atoms with Crippen molar-refractivity contribution in [3.63, 3.8) is 0 Å². The second-order valence-electron chi connectivity index (χ2n) is 5.12. The lowest BCUT2D eigenvalue weighted by molar-refractivity contribution is 0.0952. The zero-order valence-electron chi connectivity index (χ0n) is 12.7. The summed E-state index contributed by atoms with van der Waals surface area (Å²) in [5.41, 5.74) is 1.54. The van der Waals surface area contributed by atoms with Gasteiger partial charge in [-0.2, -0.15) is 5.26 Å². The first-order chi connectivity index (χ1) is 12.0. The second kappa shape index (κ2) is 7.01. The van der Waals surface area contributed by atoms with Crippen LogP contribution in [0.4, 0.5) is 4.39 Å². The molecule has 2 N–H and O–H groups in total. The zero-order chi connectivity index (χ0) is 18.0. The van der Waals surface area contributed by atoms with E-state index < -0.39 is 5.82 Å². The molecule has 25 heavy (non-hydrogen) atoms. The van der Waals surface area contributed by atoms with E-state index in [0.29, 0.717) is 27.8 Å². The topological polar surface area (TPSA) is 86.5 Å². The van der Waals surface area contributed by atoms with Gasteiger partial charge in [-0.1, -0.05) is 23.8 Å². The number of carbonyl (C=O) groups excluding carboxylic acids is 1. The molecule has 0 fully saturated rings. The Balaban J connectivity index is 1.81. The average Bonchev–Trinajstić information content (AvgIpc) is 2.88. The first kappa shape index (κ1) is 17.1. The van der Waals surface area contributed by atoms with Gasteiger partial charge >= 0.3 is 0 Å². The molecule has 0 radical (unpaired) electrons. The average molecular weight is 376 g/mol. The van der Waals surface area contributed by atoms with Gasteiger partial charge in [-0.15, -0.1) is 0 Å². The highest BCUT2D eigenvalue weighted by Gasteiger charge is 2.18. The van der Waals surface area contributed by atoms with Crippen LogP contribution in [0.2, 0.25) is 5.15 Å². The molecule has 1 aromatic carbocycles. The fourth-order valence-electron chi connectivity index (χ4n) is 2.45. The highest BCUT2D eigenvalue weighted by atomic mass is 35.5. The zero-order valence-corrected chi connectivity index (χ0v) is 14.3. The maximum Gasteiger partial charge on any atom is 0.251 e. The Morgan fingerprint density at radius 3 is 2.84 bits per heavy atom. The van der Waals surface area contributed by atoms with Crippen molar-refractivity contribution in [1.82, 2.24) is 19.9 Å². The number of hydrogen-bond acceptors (Lipinski definition) is 4. The van der Waals surface area contributed by atoms with Crippen LogP contribution in [0.5, 0.6) is 0 Å². The quantitative estimate of drug-likeness (QED) is 0.686. The van der Waals surface area contributed by atoms with Gasteiger partial charge in [0.15, 0.2) is 0 Å². The molecule has 126 valence electrons. The summed E-state index contributed by atoms with van der Waals surface area (Å²) in [6.45, 7) is 0.543. The predicted octanol–water partition coefficient (Wildman–Crippen LogP) is 3.19. The largest absolute Gasteiger partial charge is 0.350 e. The molecule has 2 heterocycles. The van der Waals surface area contributed by atoms with E-state index in [1.54, 1.807) is 4.57 Å². The Kier molecular flexibility index (Phi) is 4.79. The minimum atomic E-state index is -0.409. The highest BCUT2D eigenvalue weighted by Crippen LogP contribution is 2.27. The minimum absolute atomic E-state index is 0.215. The van der Waals surface area contributed by atoms with Crippen LogP contribution in [0, 0.1) is 21.8 Å². The maximum absolute atomic E-state index is 12.9. The maximum atomic E-state index is 12.9. The Hall–Kier alpha value is -2.76. The van der Waals surface area contributed by atoms with E-state index in [1.165, 1.54) is 30.6 Å². The lowest BCUT2D eigenvalue weighted by atomic mass is 10.2. The lowest BCUT2D eigenvalue weighted by Gasteiger charge is -2.09. The van der Waals surface area contributed by atoms with Crippen LogP contribution in [0.3, 0.4) is 0 Å². The van der Waals surface area contributed by atoms with Crippen LogP contribution in [-0.2, 0) is 6.54 Å². The fraction of sp³-hybridized carbons (Fsp3) is 0.125. The van der Waals surface area contributed by atoms with Crippen molar-refractivity contribution in [2.45, 2.75) is 6.54 Å². The standard InChI is InChI=1S/C16H11ClFN5OS/c17-14-11(7-19)12-13(16(25)22-8-21-12)23(14)6-5-20-15(24)9-1-3-10(18)4-2-9/h1-4,8H,5-6H2,(H,20,24)(H,21,22,25). The molecule has 0 bridgehead atoms. The molecular weight excluding hydrogens is 365 g/mol. The summed E-state index contributed by atoms with van der Waals surface area (Å²) in [4.78, 5) is 19.0. The van der Waals surface area contributed by atoms with E-state index in [-0.39, 0.29) is 23.2 Å². The third kappa shape index (κ3) is 3.24. The first-order valence-electron chi connectivity index (χ1n) is 7.22. The van der Waals surface area contributed by atoms with Crippen molar-refractivity contribution in [1.29, 1.82) is 5.26 Å². The summed E-state index contributed by atoms with van der Waals surface area (Å²) in [5.74, 6) is -0.746. The minimum Gasteiger partial charge on any atom is -0.350 e. The van der Waals surface area contributed by atoms with Gasteiger partial charge in [-0.25, -0.2) is 9.37 Å². The normalized spacial score (nSPS) is 10.6. The van der Waals surface area contributed by atoms with Crippen molar-refractivity contribution in [2.75, 3.05) is 6.54 Å². The molecule has 0 unspecified atom stereocenters. The molecule has 0 aliphatic carbocycles. The van der Waals surface area contributed by atoms with Crippen LogP contribution in [0.1, 0.15) is 15.9 Å². The number of H-pyrrole nitrogens is 1. The van der Waals surface area contributed by atoms with Crippen molar-refractivity contribution in [2.24, 2.45) is 0 Å². The lowest BCUT2D eigenvalue weighted by Crippen LogP contribution is -2.27. The third-order valence-corrected chi connectivity index (χ3v) is 4.32. The number of nitrogens with one attached hydrogen (secondary N) is 2. The van der Waals surface area contributed by atoms with Gasteiger partial charge in [0.2, 0.25) is 0 Å². The molecule has 0 saturated heterocycles. The number of benzene rings is 1. The summed E-state index contributed by atoms with van der Waals surface area (Å²) in [7, 11) is 0. The van der Waals surface area contributed by atoms with Crippen molar-refractivity contribution < 1.29 is 9.18 Å². The number of aromatic nitrogens is 3. The monoisotopic (exact) mass is 375 g/mol. The van der Waals surface area contributed by atoms with Crippen LogP contribution in [-0.4, -0.2) is 27.0 Å². The smallest absolute Gasteiger partial charge is 0.251 e. The molecule has 9 heteroatoms. The molecule has 3 aromatic rings. The van der Waals surface area contributed by atoms with Crippen LogP contribution in [0.15, 0.2) is 30.6 Å². The van der Waals surface area contributed by atoms with E-state index in [0.717, 1.165) is 0 Å². The van der Waals surface area contributed by atoms with E-state index in [9.17, 15) is 14.4 Å². The van der Waals surface area contributed by atoms with Crippen molar-refractivity contribution >= 4 is 40.8 Å². The number of halogens is 2. The molecule has 0 spiro atoms. The molecular formula is C16H11ClFN5OS. The summed E-state index contributed by atoms with van der Waals surface area (Å²) in [6, 6.07) is 7.25. The molecule has 2 aromatic heterocycles.